The summed E-state index contributed by atoms with van der Waals surface area (Å²) in [6, 6.07) is 16.1. The lowest BCUT2D eigenvalue weighted by atomic mass is 10.0. The third-order valence-electron chi connectivity index (χ3n) is 5.48. The minimum Gasteiger partial charge on any atom is -0.472 e. The standard InChI is InChI=1S/C26H23FN4OS/c1-17-13-23-25(30-24(31-26(23)33-17)21-10-12-32-16-21)28-11-2-3-18-4-6-19(7-5-18)20-8-9-22(14-27)29-15-20/h4-10,12-13,15-16H,2-3,11,14H2,1H3,(H,28,30,31). The zero-order valence-corrected chi connectivity index (χ0v) is 19.0. The van der Waals surface area contributed by atoms with E-state index < -0.39 is 6.67 Å². The number of halogens is 1. The van der Waals surface area contributed by atoms with Crippen LogP contribution in [-0.2, 0) is 13.1 Å². The van der Waals surface area contributed by atoms with Gasteiger partial charge in [0.2, 0.25) is 0 Å². The van der Waals surface area contributed by atoms with E-state index >= 15 is 0 Å². The summed E-state index contributed by atoms with van der Waals surface area (Å²) >= 11 is 1.67. The normalized spacial score (nSPS) is 11.2. The highest BCUT2D eigenvalue weighted by atomic mass is 32.1. The van der Waals surface area contributed by atoms with Crippen molar-refractivity contribution in [2.24, 2.45) is 0 Å². The first-order valence-electron chi connectivity index (χ1n) is 10.8. The molecule has 1 aromatic carbocycles. The van der Waals surface area contributed by atoms with Crippen molar-refractivity contribution in [1.82, 2.24) is 15.0 Å². The van der Waals surface area contributed by atoms with Gasteiger partial charge in [-0.05, 0) is 49.1 Å². The summed E-state index contributed by atoms with van der Waals surface area (Å²) in [5.41, 5.74) is 4.68. The van der Waals surface area contributed by atoms with E-state index in [2.05, 4.69) is 47.6 Å². The maximum absolute atomic E-state index is 12.7. The van der Waals surface area contributed by atoms with E-state index in [-0.39, 0.29) is 0 Å². The van der Waals surface area contributed by atoms with Crippen LogP contribution in [0.1, 0.15) is 22.6 Å². The number of furan rings is 1. The maximum atomic E-state index is 12.7. The lowest BCUT2D eigenvalue weighted by Crippen LogP contribution is -2.06. The minimum atomic E-state index is -0.537. The Balaban J connectivity index is 1.23. The van der Waals surface area contributed by atoms with Gasteiger partial charge in [-0.15, -0.1) is 11.3 Å². The molecule has 0 atom stereocenters. The van der Waals surface area contributed by atoms with Crippen molar-refractivity contribution in [1.29, 1.82) is 0 Å². The molecule has 1 N–H and O–H groups in total. The van der Waals surface area contributed by atoms with Crippen LogP contribution in [0.25, 0.3) is 32.7 Å². The summed E-state index contributed by atoms with van der Waals surface area (Å²) in [7, 11) is 0. The molecule has 166 valence electrons. The van der Waals surface area contributed by atoms with Gasteiger partial charge in [-0.2, -0.15) is 0 Å². The zero-order valence-electron chi connectivity index (χ0n) is 18.2. The summed E-state index contributed by atoms with van der Waals surface area (Å²) in [6.45, 7) is 2.36. The number of nitrogens with one attached hydrogen (secondary N) is 1. The molecular formula is C26H23FN4OS. The highest BCUT2D eigenvalue weighted by Gasteiger charge is 2.12. The highest BCUT2D eigenvalue weighted by Crippen LogP contribution is 2.31. The minimum absolute atomic E-state index is 0.457. The molecule has 0 spiro atoms. The molecule has 0 aliphatic carbocycles. The number of nitrogens with zero attached hydrogens (tertiary/aromatic N) is 3. The van der Waals surface area contributed by atoms with E-state index in [1.807, 2.05) is 12.1 Å². The van der Waals surface area contributed by atoms with Gasteiger partial charge in [-0.3, -0.25) is 4.98 Å². The first-order valence-corrected chi connectivity index (χ1v) is 11.7. The van der Waals surface area contributed by atoms with Crippen molar-refractivity contribution in [2.75, 3.05) is 11.9 Å². The number of fused-ring (bicyclic) bond motifs is 1. The van der Waals surface area contributed by atoms with Gasteiger partial charge in [0.15, 0.2) is 5.82 Å². The summed E-state index contributed by atoms with van der Waals surface area (Å²) < 4.78 is 17.9. The Morgan fingerprint density at radius 2 is 1.85 bits per heavy atom. The summed E-state index contributed by atoms with van der Waals surface area (Å²) in [4.78, 5) is 15.8. The lowest BCUT2D eigenvalue weighted by Gasteiger charge is -2.09. The summed E-state index contributed by atoms with van der Waals surface area (Å²) in [6.07, 6.45) is 6.96. The van der Waals surface area contributed by atoms with Crippen molar-refractivity contribution < 1.29 is 8.81 Å². The first kappa shape index (κ1) is 21.3. The topological polar surface area (TPSA) is 63.8 Å². The molecule has 0 aliphatic heterocycles. The Labute approximate surface area is 195 Å². The van der Waals surface area contributed by atoms with Crippen LogP contribution in [0.3, 0.4) is 0 Å². The third kappa shape index (κ3) is 4.78. The van der Waals surface area contributed by atoms with Gasteiger partial charge < -0.3 is 9.73 Å². The molecule has 7 heteroatoms. The van der Waals surface area contributed by atoms with Gasteiger partial charge in [-0.25, -0.2) is 14.4 Å². The number of aryl methyl sites for hydroxylation is 2. The maximum Gasteiger partial charge on any atom is 0.166 e. The fourth-order valence-electron chi connectivity index (χ4n) is 3.73. The fraction of sp³-hybridized carbons (Fsp3) is 0.192. The van der Waals surface area contributed by atoms with E-state index in [9.17, 15) is 4.39 Å². The average molecular weight is 459 g/mol. The van der Waals surface area contributed by atoms with E-state index in [0.29, 0.717) is 11.5 Å². The Bertz CT molecular complexity index is 1350. The second-order valence-electron chi connectivity index (χ2n) is 7.88. The number of hydrogen-bond acceptors (Lipinski definition) is 6. The van der Waals surface area contributed by atoms with Crippen LogP contribution in [0.2, 0.25) is 0 Å². The van der Waals surface area contributed by atoms with E-state index in [1.165, 1.54) is 10.4 Å². The van der Waals surface area contributed by atoms with Crippen LogP contribution in [0.4, 0.5) is 10.2 Å². The monoisotopic (exact) mass is 458 g/mol. The van der Waals surface area contributed by atoms with E-state index in [1.54, 1.807) is 36.1 Å². The molecule has 5 aromatic rings. The van der Waals surface area contributed by atoms with Gasteiger partial charge in [-0.1, -0.05) is 30.3 Å². The van der Waals surface area contributed by atoms with Gasteiger partial charge in [0.1, 0.15) is 23.6 Å². The molecule has 0 saturated heterocycles. The number of pyridine rings is 1. The Morgan fingerprint density at radius 3 is 2.58 bits per heavy atom. The molecular weight excluding hydrogens is 435 g/mol. The Kier molecular flexibility index (Phi) is 6.13. The van der Waals surface area contributed by atoms with Crippen LogP contribution >= 0.6 is 11.3 Å². The second kappa shape index (κ2) is 9.50. The number of aromatic nitrogens is 3. The molecule has 33 heavy (non-hydrogen) atoms. The molecule has 0 amide bonds. The molecule has 4 heterocycles. The number of benzene rings is 1. The molecule has 4 aromatic heterocycles. The summed E-state index contributed by atoms with van der Waals surface area (Å²) in [5, 5.41) is 4.56. The molecule has 0 fully saturated rings. The Hall–Kier alpha value is -3.58. The zero-order chi connectivity index (χ0) is 22.6. The number of alkyl halides is 1. The molecule has 0 saturated carbocycles. The number of hydrogen-bond donors (Lipinski definition) is 1. The van der Waals surface area contributed by atoms with Gasteiger partial charge >= 0.3 is 0 Å². The SMILES string of the molecule is Cc1cc2c(NCCCc3ccc(-c4ccc(CF)nc4)cc3)nc(-c3ccoc3)nc2s1. The van der Waals surface area contributed by atoms with Crippen LogP contribution in [0.5, 0.6) is 0 Å². The number of anilines is 1. The van der Waals surface area contributed by atoms with Crippen LogP contribution < -0.4 is 5.32 Å². The number of thiophene rings is 1. The largest absolute Gasteiger partial charge is 0.472 e. The molecule has 0 bridgehead atoms. The number of rotatable bonds is 8. The van der Waals surface area contributed by atoms with Gasteiger partial charge in [0.25, 0.3) is 0 Å². The van der Waals surface area contributed by atoms with Crippen LogP contribution in [0, 0.1) is 6.92 Å². The predicted molar refractivity (Wildman–Crippen MR) is 131 cm³/mol. The quantitative estimate of drug-likeness (QED) is 0.258. The highest BCUT2D eigenvalue weighted by molar-refractivity contribution is 7.18. The molecule has 5 nitrogen and oxygen atoms in total. The van der Waals surface area contributed by atoms with Crippen molar-refractivity contribution in [2.45, 2.75) is 26.4 Å². The Morgan fingerprint density at radius 1 is 1.00 bits per heavy atom. The third-order valence-corrected chi connectivity index (χ3v) is 6.42. The van der Waals surface area contributed by atoms with Gasteiger partial charge in [0, 0.05) is 23.2 Å². The molecule has 5 rings (SSSR count). The fourth-order valence-corrected chi connectivity index (χ4v) is 4.61. The van der Waals surface area contributed by atoms with Crippen molar-refractivity contribution in [3.05, 3.63) is 83.4 Å². The van der Waals surface area contributed by atoms with Crippen molar-refractivity contribution >= 4 is 27.4 Å². The average Bonchev–Trinajstić information content (AvgIpc) is 3.51. The molecule has 0 aliphatic rings. The van der Waals surface area contributed by atoms with Crippen LogP contribution in [0.15, 0.2) is 71.7 Å². The second-order valence-corrected chi connectivity index (χ2v) is 9.12. The van der Waals surface area contributed by atoms with Crippen LogP contribution in [-0.4, -0.2) is 21.5 Å². The lowest BCUT2D eigenvalue weighted by molar-refractivity contribution is 0.476. The summed E-state index contributed by atoms with van der Waals surface area (Å²) in [5.74, 6) is 1.53. The molecule has 0 unspecified atom stereocenters. The molecule has 0 radical (unpaired) electrons. The van der Waals surface area contributed by atoms with E-state index in [4.69, 9.17) is 14.4 Å². The van der Waals surface area contributed by atoms with E-state index in [0.717, 1.165) is 52.1 Å². The van der Waals surface area contributed by atoms with Crippen molar-refractivity contribution in [3.8, 4) is 22.5 Å². The van der Waals surface area contributed by atoms with Gasteiger partial charge in [0.05, 0.1) is 22.9 Å². The van der Waals surface area contributed by atoms with Crippen molar-refractivity contribution in [3.63, 3.8) is 0 Å². The smallest absolute Gasteiger partial charge is 0.166 e. The predicted octanol–water partition coefficient (Wildman–Crippen LogP) is 6.84. The first-order chi connectivity index (χ1) is 16.2.